The zero-order chi connectivity index (χ0) is 15.5. The second-order valence-electron chi connectivity index (χ2n) is 9.20. The number of hydrogen-bond acceptors (Lipinski definition) is 1. The first kappa shape index (κ1) is 15.0. The predicted octanol–water partition coefficient (Wildman–Crippen LogP) is 5.54. The first-order chi connectivity index (χ1) is 10.5. The van der Waals surface area contributed by atoms with E-state index in [0.717, 1.165) is 36.5 Å². The molecule has 122 valence electrons. The number of fused-ring (bicyclic) bond motifs is 5. The Hall–Kier alpha value is -0.590. The van der Waals surface area contributed by atoms with Gasteiger partial charge in [0.1, 0.15) is 0 Å². The average Bonchev–Trinajstić information content (AvgIpc) is 2.84. The number of hydrogen-bond donors (Lipinski definition) is 0. The van der Waals surface area contributed by atoms with E-state index in [-0.39, 0.29) is 0 Å². The number of carbonyl (C=O) groups excluding carboxylic acids is 1. The fourth-order valence-corrected chi connectivity index (χ4v) is 7.34. The zero-order valence-corrected chi connectivity index (χ0v) is 14.7. The number of carbonyl (C=O) groups is 1. The third kappa shape index (κ3) is 1.86. The summed E-state index contributed by atoms with van der Waals surface area (Å²) in [4.78, 5) is 11.9. The third-order valence-corrected chi connectivity index (χ3v) is 8.65. The molecule has 0 aromatic heterocycles. The molecular weight excluding hydrogens is 268 g/mol. The maximum atomic E-state index is 11.9. The van der Waals surface area contributed by atoms with E-state index in [9.17, 15) is 4.79 Å². The van der Waals surface area contributed by atoms with E-state index in [1.54, 1.807) is 0 Å². The van der Waals surface area contributed by atoms with E-state index >= 15 is 0 Å². The summed E-state index contributed by atoms with van der Waals surface area (Å²) < 4.78 is 0. The molecule has 0 N–H and O–H groups in total. The molecule has 6 atom stereocenters. The molecule has 4 rings (SSSR count). The molecule has 1 heteroatoms. The minimum atomic E-state index is 0.350. The molecule has 3 saturated carbocycles. The van der Waals surface area contributed by atoms with Crippen molar-refractivity contribution < 1.29 is 4.79 Å². The van der Waals surface area contributed by atoms with Crippen LogP contribution in [0, 0.1) is 34.5 Å². The summed E-state index contributed by atoms with van der Waals surface area (Å²) in [5.74, 6) is 4.11. The van der Waals surface area contributed by atoms with Gasteiger partial charge < -0.3 is 0 Å². The maximum absolute atomic E-state index is 11.9. The first-order valence-electron chi connectivity index (χ1n) is 9.73. The molecule has 0 spiro atoms. The van der Waals surface area contributed by atoms with Crippen molar-refractivity contribution in [3.8, 4) is 0 Å². The molecule has 1 nitrogen and oxygen atoms in total. The van der Waals surface area contributed by atoms with Crippen molar-refractivity contribution in [2.75, 3.05) is 0 Å². The van der Waals surface area contributed by atoms with Gasteiger partial charge in [0.2, 0.25) is 0 Å². The Kier molecular flexibility index (Phi) is 3.37. The predicted molar refractivity (Wildman–Crippen MR) is 90.5 cm³/mol. The van der Waals surface area contributed by atoms with Gasteiger partial charge in [-0.05, 0) is 85.5 Å². The van der Waals surface area contributed by atoms with Gasteiger partial charge in [-0.2, -0.15) is 0 Å². The van der Waals surface area contributed by atoms with E-state index in [1.165, 1.54) is 50.5 Å². The molecule has 3 unspecified atom stereocenters. The van der Waals surface area contributed by atoms with Crippen molar-refractivity contribution in [3.63, 3.8) is 0 Å². The lowest BCUT2D eigenvalue weighted by atomic mass is 9.47. The van der Waals surface area contributed by atoms with Gasteiger partial charge in [0.15, 0.2) is 5.78 Å². The van der Waals surface area contributed by atoms with Crippen LogP contribution in [0.15, 0.2) is 11.6 Å². The van der Waals surface area contributed by atoms with Gasteiger partial charge >= 0.3 is 0 Å². The molecule has 0 aliphatic heterocycles. The SMILES string of the molecule is CC[C@H]1CCC2C3CCC4=CC(=O)CC[C@]4(C)C3CC[C@@]21C. The van der Waals surface area contributed by atoms with Crippen LogP contribution < -0.4 is 0 Å². The van der Waals surface area contributed by atoms with Crippen LogP contribution in [-0.2, 0) is 4.79 Å². The van der Waals surface area contributed by atoms with Crippen LogP contribution in [0.5, 0.6) is 0 Å². The van der Waals surface area contributed by atoms with Crippen molar-refractivity contribution in [3.05, 3.63) is 11.6 Å². The standard InChI is InChI=1S/C21H32O/c1-4-14-6-8-18-17-7-5-15-13-16(22)9-11-21(15,3)19(17)10-12-20(14,18)2/h13-14,17-19H,4-12H2,1-3H3/t14-,17?,18?,19?,20+,21-/m0/s1. The Labute approximate surface area is 135 Å². The van der Waals surface area contributed by atoms with Gasteiger partial charge in [0, 0.05) is 6.42 Å². The van der Waals surface area contributed by atoms with E-state index in [1.807, 2.05) is 6.08 Å². The Bertz CT molecular complexity index is 518. The smallest absolute Gasteiger partial charge is 0.155 e. The highest BCUT2D eigenvalue weighted by Crippen LogP contribution is 2.66. The van der Waals surface area contributed by atoms with Gasteiger partial charge in [0.05, 0.1) is 0 Å². The molecule has 3 fully saturated rings. The van der Waals surface area contributed by atoms with Crippen molar-refractivity contribution in [1.29, 1.82) is 0 Å². The molecule has 0 saturated heterocycles. The molecule has 4 aliphatic carbocycles. The number of rotatable bonds is 1. The van der Waals surface area contributed by atoms with E-state index in [2.05, 4.69) is 20.8 Å². The molecule has 22 heavy (non-hydrogen) atoms. The van der Waals surface area contributed by atoms with Gasteiger partial charge in [-0.15, -0.1) is 0 Å². The average molecular weight is 300 g/mol. The molecule has 0 heterocycles. The summed E-state index contributed by atoms with van der Waals surface area (Å²) >= 11 is 0. The van der Waals surface area contributed by atoms with Gasteiger partial charge in [0.25, 0.3) is 0 Å². The Morgan fingerprint density at radius 3 is 2.64 bits per heavy atom. The Balaban J connectivity index is 1.67. The minimum absolute atomic E-state index is 0.350. The summed E-state index contributed by atoms with van der Waals surface area (Å²) in [5, 5.41) is 0. The zero-order valence-electron chi connectivity index (χ0n) is 14.7. The van der Waals surface area contributed by atoms with Crippen LogP contribution in [0.1, 0.15) is 78.6 Å². The molecule has 0 bridgehead atoms. The van der Waals surface area contributed by atoms with E-state index in [4.69, 9.17) is 0 Å². The lowest BCUT2D eigenvalue weighted by Crippen LogP contribution is -2.50. The van der Waals surface area contributed by atoms with Crippen LogP contribution in [0.2, 0.25) is 0 Å². The maximum Gasteiger partial charge on any atom is 0.155 e. The highest BCUT2D eigenvalue weighted by Gasteiger charge is 2.58. The molecule has 0 amide bonds. The van der Waals surface area contributed by atoms with Crippen LogP contribution in [0.4, 0.5) is 0 Å². The van der Waals surface area contributed by atoms with E-state index < -0.39 is 0 Å². The van der Waals surface area contributed by atoms with Crippen molar-refractivity contribution >= 4 is 5.78 Å². The van der Waals surface area contributed by atoms with Crippen LogP contribution in [-0.4, -0.2) is 5.78 Å². The molecule has 0 radical (unpaired) electrons. The highest BCUT2D eigenvalue weighted by molar-refractivity contribution is 5.91. The van der Waals surface area contributed by atoms with E-state index in [0.29, 0.717) is 16.6 Å². The monoisotopic (exact) mass is 300 g/mol. The summed E-state index contributed by atoms with van der Waals surface area (Å²) in [6.45, 7) is 7.52. The molecule has 0 aromatic rings. The molecule has 0 aromatic carbocycles. The fourth-order valence-electron chi connectivity index (χ4n) is 7.34. The molecule has 4 aliphatic rings. The summed E-state index contributed by atoms with van der Waals surface area (Å²) in [7, 11) is 0. The highest BCUT2D eigenvalue weighted by atomic mass is 16.1. The topological polar surface area (TPSA) is 17.1 Å². The fraction of sp³-hybridized carbons (Fsp3) is 0.857. The summed E-state index contributed by atoms with van der Waals surface area (Å²) in [5.41, 5.74) is 2.49. The van der Waals surface area contributed by atoms with Crippen molar-refractivity contribution in [2.45, 2.75) is 78.6 Å². The number of allylic oxidation sites excluding steroid dienone is 1. The Morgan fingerprint density at radius 1 is 1.05 bits per heavy atom. The van der Waals surface area contributed by atoms with Crippen LogP contribution >= 0.6 is 0 Å². The first-order valence-corrected chi connectivity index (χ1v) is 9.73. The van der Waals surface area contributed by atoms with Crippen molar-refractivity contribution in [1.82, 2.24) is 0 Å². The number of ketones is 1. The van der Waals surface area contributed by atoms with Gasteiger partial charge in [-0.25, -0.2) is 0 Å². The minimum Gasteiger partial charge on any atom is -0.295 e. The largest absolute Gasteiger partial charge is 0.295 e. The van der Waals surface area contributed by atoms with Crippen LogP contribution in [0.25, 0.3) is 0 Å². The van der Waals surface area contributed by atoms with Gasteiger partial charge in [-0.1, -0.05) is 32.8 Å². The lowest BCUT2D eigenvalue weighted by Gasteiger charge is -2.58. The normalized spacial score (nSPS) is 50.9. The lowest BCUT2D eigenvalue weighted by molar-refractivity contribution is -0.117. The van der Waals surface area contributed by atoms with Gasteiger partial charge in [-0.3, -0.25) is 4.79 Å². The van der Waals surface area contributed by atoms with Crippen molar-refractivity contribution in [2.24, 2.45) is 34.5 Å². The second kappa shape index (κ2) is 4.95. The molecular formula is C21H32O. The summed E-state index contributed by atoms with van der Waals surface area (Å²) in [6, 6.07) is 0. The Morgan fingerprint density at radius 2 is 1.86 bits per heavy atom. The summed E-state index contributed by atoms with van der Waals surface area (Å²) in [6.07, 6.45) is 13.7. The third-order valence-electron chi connectivity index (χ3n) is 8.65. The quantitative estimate of drug-likeness (QED) is 0.621. The second-order valence-corrected chi connectivity index (χ2v) is 9.20. The van der Waals surface area contributed by atoms with Crippen LogP contribution in [0.3, 0.4) is 0 Å².